The van der Waals surface area contributed by atoms with Crippen molar-refractivity contribution < 1.29 is 31.9 Å². The summed E-state index contributed by atoms with van der Waals surface area (Å²) in [7, 11) is 0. The molecule has 8 nitrogen and oxygen atoms in total. The van der Waals surface area contributed by atoms with Crippen molar-refractivity contribution in [1.82, 2.24) is 25.9 Å². The Morgan fingerprint density at radius 1 is 1.30 bits per heavy atom. The average molecular weight is 427 g/mol. The first kappa shape index (κ1) is 21.4. The number of amides is 2. The molecule has 2 unspecified atom stereocenters. The van der Waals surface area contributed by atoms with Gasteiger partial charge in [-0.2, -0.15) is 0 Å². The van der Waals surface area contributed by atoms with Gasteiger partial charge in [0.25, 0.3) is 0 Å². The van der Waals surface area contributed by atoms with Gasteiger partial charge in [-0.25, -0.2) is 14.4 Å². The first-order valence-corrected chi connectivity index (χ1v) is 8.80. The highest BCUT2D eigenvalue weighted by Gasteiger charge is 2.34. The number of aromatic nitrogens is 2. The SMILES string of the molecule is C[C@@H](NC(=O)C1CC(=O)NC(c2ncccn2)N1)c1ccc(OC(F)(F)F)c(F)c1. The normalized spacial score (nSPS) is 20.2. The third-order valence-electron chi connectivity index (χ3n) is 4.26. The molecule has 2 amide bonds. The summed E-state index contributed by atoms with van der Waals surface area (Å²) in [6, 6.07) is 2.82. The van der Waals surface area contributed by atoms with Crippen LogP contribution in [0.25, 0.3) is 0 Å². The molecule has 3 atom stereocenters. The van der Waals surface area contributed by atoms with Gasteiger partial charge >= 0.3 is 6.36 Å². The van der Waals surface area contributed by atoms with Crippen LogP contribution < -0.4 is 20.7 Å². The fourth-order valence-corrected chi connectivity index (χ4v) is 2.87. The zero-order chi connectivity index (χ0) is 21.9. The molecule has 0 saturated carbocycles. The van der Waals surface area contributed by atoms with Gasteiger partial charge in [-0.05, 0) is 30.7 Å². The fraction of sp³-hybridized carbons (Fsp3) is 0.333. The van der Waals surface area contributed by atoms with Gasteiger partial charge in [0.1, 0.15) is 6.17 Å². The van der Waals surface area contributed by atoms with Crippen LogP contribution in [0.4, 0.5) is 17.6 Å². The minimum atomic E-state index is -5.02. The summed E-state index contributed by atoms with van der Waals surface area (Å²) in [5.41, 5.74) is 0.221. The first-order chi connectivity index (χ1) is 14.1. The molecule has 3 rings (SSSR count). The summed E-state index contributed by atoms with van der Waals surface area (Å²) in [5.74, 6) is -2.85. The molecule has 12 heteroatoms. The van der Waals surface area contributed by atoms with E-state index in [0.29, 0.717) is 0 Å². The highest BCUT2D eigenvalue weighted by atomic mass is 19.4. The van der Waals surface area contributed by atoms with E-state index in [9.17, 15) is 27.2 Å². The Morgan fingerprint density at radius 2 is 2.00 bits per heavy atom. The second-order valence-electron chi connectivity index (χ2n) is 6.50. The minimum absolute atomic E-state index is 0.144. The molecule has 0 bridgehead atoms. The molecule has 1 saturated heterocycles. The summed E-state index contributed by atoms with van der Waals surface area (Å²) in [6.45, 7) is 1.53. The van der Waals surface area contributed by atoms with Crippen molar-refractivity contribution in [1.29, 1.82) is 0 Å². The highest BCUT2D eigenvalue weighted by Crippen LogP contribution is 2.27. The Balaban J connectivity index is 1.66. The first-order valence-electron chi connectivity index (χ1n) is 8.80. The number of halogens is 4. The van der Waals surface area contributed by atoms with E-state index < -0.39 is 48.0 Å². The lowest BCUT2D eigenvalue weighted by molar-refractivity contribution is -0.275. The summed E-state index contributed by atoms with van der Waals surface area (Å²) in [5, 5.41) is 8.14. The van der Waals surface area contributed by atoms with Gasteiger partial charge in [-0.1, -0.05) is 6.07 Å². The summed E-state index contributed by atoms with van der Waals surface area (Å²) in [6.07, 6.45) is -2.95. The largest absolute Gasteiger partial charge is 0.573 e. The van der Waals surface area contributed by atoms with Crippen molar-refractivity contribution in [3.8, 4) is 5.75 Å². The lowest BCUT2D eigenvalue weighted by Crippen LogP contribution is -2.56. The second-order valence-corrected chi connectivity index (χ2v) is 6.50. The van der Waals surface area contributed by atoms with Crippen LogP contribution in [-0.2, 0) is 9.59 Å². The van der Waals surface area contributed by atoms with Crippen LogP contribution in [0.1, 0.15) is 36.9 Å². The minimum Gasteiger partial charge on any atom is -0.403 e. The van der Waals surface area contributed by atoms with Crippen molar-refractivity contribution >= 4 is 11.8 Å². The predicted molar refractivity (Wildman–Crippen MR) is 94.1 cm³/mol. The number of carbonyl (C=O) groups is 2. The molecular weight excluding hydrogens is 410 g/mol. The number of alkyl halides is 3. The highest BCUT2D eigenvalue weighted by molar-refractivity contribution is 5.89. The van der Waals surface area contributed by atoms with Gasteiger partial charge in [0.15, 0.2) is 17.4 Å². The van der Waals surface area contributed by atoms with E-state index in [2.05, 4.69) is 30.7 Å². The quantitative estimate of drug-likeness (QED) is 0.630. The number of carbonyl (C=O) groups excluding carboxylic acids is 2. The number of nitrogens with zero attached hydrogens (tertiary/aromatic N) is 2. The van der Waals surface area contributed by atoms with Crippen LogP contribution in [0, 0.1) is 5.82 Å². The number of rotatable bonds is 5. The Morgan fingerprint density at radius 3 is 2.63 bits per heavy atom. The predicted octanol–water partition coefficient (Wildman–Crippen LogP) is 1.87. The van der Waals surface area contributed by atoms with E-state index in [1.807, 2.05) is 0 Å². The van der Waals surface area contributed by atoms with Crippen LogP contribution in [0.5, 0.6) is 5.75 Å². The number of hydrogen-bond acceptors (Lipinski definition) is 6. The Hall–Kier alpha value is -3.28. The monoisotopic (exact) mass is 427 g/mol. The third kappa shape index (κ3) is 5.41. The topological polar surface area (TPSA) is 105 Å². The molecular formula is C18H17F4N5O3. The molecule has 1 aromatic carbocycles. The standard InChI is InChI=1S/C18H17F4N5O3/c1-9(10-3-4-13(11(19)7-10)30-18(20,21)22)25-17(29)12-8-14(28)27-16(26-12)15-23-5-2-6-24-15/h2-7,9,12,16,26H,8H2,1H3,(H,25,29)(H,27,28)/t9-,12?,16?/m1/s1. The van der Waals surface area contributed by atoms with Crippen molar-refractivity contribution in [3.63, 3.8) is 0 Å². The van der Waals surface area contributed by atoms with Crippen molar-refractivity contribution in [2.45, 2.75) is 38.0 Å². The lowest BCUT2D eigenvalue weighted by Gasteiger charge is -2.30. The lowest BCUT2D eigenvalue weighted by atomic mass is 10.1. The van der Waals surface area contributed by atoms with Crippen LogP contribution in [0.2, 0.25) is 0 Å². The number of ether oxygens (including phenoxy) is 1. The zero-order valence-corrected chi connectivity index (χ0v) is 15.5. The maximum atomic E-state index is 13.9. The Bertz CT molecular complexity index is 926. The molecule has 1 fully saturated rings. The molecule has 160 valence electrons. The van der Waals surface area contributed by atoms with E-state index in [1.54, 1.807) is 6.07 Å². The van der Waals surface area contributed by atoms with Crippen LogP contribution in [0.3, 0.4) is 0 Å². The average Bonchev–Trinajstić information content (AvgIpc) is 2.68. The molecule has 0 radical (unpaired) electrons. The molecule has 0 spiro atoms. The van der Waals surface area contributed by atoms with Crippen LogP contribution in [-0.4, -0.2) is 34.2 Å². The number of nitrogens with one attached hydrogen (secondary N) is 3. The molecule has 2 heterocycles. The molecule has 3 N–H and O–H groups in total. The van der Waals surface area contributed by atoms with Gasteiger partial charge < -0.3 is 15.4 Å². The van der Waals surface area contributed by atoms with E-state index in [0.717, 1.165) is 12.1 Å². The molecule has 1 aliphatic heterocycles. The summed E-state index contributed by atoms with van der Waals surface area (Å²) < 4.78 is 54.2. The maximum absolute atomic E-state index is 13.9. The van der Waals surface area contributed by atoms with Crippen LogP contribution in [0.15, 0.2) is 36.7 Å². The van der Waals surface area contributed by atoms with E-state index >= 15 is 0 Å². The third-order valence-corrected chi connectivity index (χ3v) is 4.26. The van der Waals surface area contributed by atoms with E-state index in [-0.39, 0.29) is 17.8 Å². The maximum Gasteiger partial charge on any atom is 0.573 e. The van der Waals surface area contributed by atoms with Crippen LogP contribution >= 0.6 is 0 Å². The summed E-state index contributed by atoms with van der Waals surface area (Å²) in [4.78, 5) is 32.6. The molecule has 0 aliphatic carbocycles. The second kappa shape index (κ2) is 8.61. The smallest absolute Gasteiger partial charge is 0.403 e. The van der Waals surface area contributed by atoms with E-state index in [1.165, 1.54) is 25.4 Å². The molecule has 2 aromatic rings. The molecule has 30 heavy (non-hydrogen) atoms. The van der Waals surface area contributed by atoms with Crippen molar-refractivity contribution in [3.05, 3.63) is 53.9 Å². The number of hydrogen-bond donors (Lipinski definition) is 3. The number of benzene rings is 1. The zero-order valence-electron chi connectivity index (χ0n) is 15.5. The molecule has 1 aliphatic rings. The van der Waals surface area contributed by atoms with Gasteiger partial charge in [0.05, 0.1) is 18.5 Å². The van der Waals surface area contributed by atoms with E-state index in [4.69, 9.17) is 0 Å². The Kier molecular flexibility index (Phi) is 6.15. The van der Waals surface area contributed by atoms with Gasteiger partial charge in [-0.3, -0.25) is 14.9 Å². The van der Waals surface area contributed by atoms with Gasteiger partial charge in [0.2, 0.25) is 11.8 Å². The van der Waals surface area contributed by atoms with Crippen molar-refractivity contribution in [2.75, 3.05) is 0 Å². The summed E-state index contributed by atoms with van der Waals surface area (Å²) >= 11 is 0. The Labute approximate surface area is 168 Å². The molecule has 1 aromatic heterocycles. The van der Waals surface area contributed by atoms with Crippen molar-refractivity contribution in [2.24, 2.45) is 0 Å². The van der Waals surface area contributed by atoms with Gasteiger partial charge in [-0.15, -0.1) is 13.2 Å². The fourth-order valence-electron chi connectivity index (χ4n) is 2.87. The van der Waals surface area contributed by atoms with Gasteiger partial charge in [0, 0.05) is 12.4 Å².